The van der Waals surface area contributed by atoms with Crippen LogP contribution in [0.1, 0.15) is 19.0 Å². The number of benzene rings is 1. The van der Waals surface area contributed by atoms with Crippen LogP contribution in [0.2, 0.25) is 10.0 Å². The fourth-order valence-electron chi connectivity index (χ4n) is 1.54. The fraction of sp³-hybridized carbons (Fsp3) is 0.286. The maximum absolute atomic E-state index is 6.02. The first-order chi connectivity index (χ1) is 9.70. The number of rotatable bonds is 6. The molecule has 0 spiro atoms. The van der Waals surface area contributed by atoms with Gasteiger partial charge in [0.15, 0.2) is 5.75 Å². The van der Waals surface area contributed by atoms with Crippen LogP contribution < -0.4 is 10.1 Å². The molecule has 0 saturated heterocycles. The molecule has 0 amide bonds. The van der Waals surface area contributed by atoms with E-state index >= 15 is 0 Å². The Morgan fingerprint density at radius 1 is 1.15 bits per heavy atom. The summed E-state index contributed by atoms with van der Waals surface area (Å²) in [4.78, 5) is 8.52. The van der Waals surface area contributed by atoms with Crippen LogP contribution in [0.3, 0.4) is 0 Å². The normalized spacial score (nSPS) is 10.3. The third-order valence-corrected chi connectivity index (χ3v) is 3.14. The zero-order valence-corrected chi connectivity index (χ0v) is 12.6. The molecule has 0 aliphatic rings. The highest BCUT2D eigenvalue weighted by Crippen LogP contribution is 2.32. The third-order valence-electron chi connectivity index (χ3n) is 2.54. The van der Waals surface area contributed by atoms with Gasteiger partial charge in [-0.15, -0.1) is 0 Å². The summed E-state index contributed by atoms with van der Waals surface area (Å²) in [7, 11) is 0. The first-order valence-corrected chi connectivity index (χ1v) is 7.08. The molecule has 106 valence electrons. The molecule has 0 aliphatic carbocycles. The Kier molecular flexibility index (Phi) is 5.44. The highest BCUT2D eigenvalue weighted by atomic mass is 35.5. The molecular weight excluding hydrogens is 297 g/mol. The molecule has 0 radical (unpaired) electrons. The van der Waals surface area contributed by atoms with Crippen molar-refractivity contribution in [2.24, 2.45) is 0 Å². The van der Waals surface area contributed by atoms with Crippen LogP contribution in [0, 0.1) is 0 Å². The quantitative estimate of drug-likeness (QED) is 0.869. The van der Waals surface area contributed by atoms with Gasteiger partial charge in [0.05, 0.1) is 28.1 Å². The Balaban J connectivity index is 1.97. The average molecular weight is 312 g/mol. The molecule has 1 aromatic heterocycles. The van der Waals surface area contributed by atoms with E-state index < -0.39 is 0 Å². The molecule has 0 atom stereocenters. The summed E-state index contributed by atoms with van der Waals surface area (Å²) < 4.78 is 5.59. The van der Waals surface area contributed by atoms with Crippen molar-refractivity contribution in [2.75, 3.05) is 11.9 Å². The van der Waals surface area contributed by atoms with Crippen molar-refractivity contribution >= 4 is 29.0 Å². The van der Waals surface area contributed by atoms with Gasteiger partial charge < -0.3 is 10.1 Å². The van der Waals surface area contributed by atoms with E-state index in [4.69, 9.17) is 27.9 Å². The van der Waals surface area contributed by atoms with Crippen molar-refractivity contribution in [3.63, 3.8) is 0 Å². The second kappa shape index (κ2) is 7.31. The SMILES string of the molecule is CCCNc1cnc(COc2c(Cl)cccc2Cl)cn1. The Hall–Kier alpha value is -1.52. The second-order valence-corrected chi connectivity index (χ2v) is 4.97. The van der Waals surface area contributed by atoms with E-state index in [0.717, 1.165) is 18.8 Å². The minimum absolute atomic E-state index is 0.268. The van der Waals surface area contributed by atoms with E-state index in [-0.39, 0.29) is 6.61 Å². The molecule has 1 N–H and O–H groups in total. The largest absolute Gasteiger partial charge is 0.484 e. The molecule has 0 fully saturated rings. The Bertz CT molecular complexity index is 541. The smallest absolute Gasteiger partial charge is 0.157 e. The molecule has 0 saturated carbocycles. The fourth-order valence-corrected chi connectivity index (χ4v) is 2.05. The summed E-state index contributed by atoms with van der Waals surface area (Å²) >= 11 is 12.0. The number of nitrogens with zero attached hydrogens (tertiary/aromatic N) is 2. The van der Waals surface area contributed by atoms with Crippen molar-refractivity contribution in [3.8, 4) is 5.75 Å². The standard InChI is InChI=1S/C14H15Cl2N3O/c1-2-6-17-13-8-18-10(7-19-13)9-20-14-11(15)4-3-5-12(14)16/h3-5,7-8H,2,6,9H2,1H3,(H,17,19). The lowest BCUT2D eigenvalue weighted by molar-refractivity contribution is 0.301. The number of ether oxygens (including phenoxy) is 1. The average Bonchev–Trinajstić information content (AvgIpc) is 2.46. The van der Waals surface area contributed by atoms with E-state index in [1.54, 1.807) is 30.6 Å². The third kappa shape index (κ3) is 3.99. The first kappa shape index (κ1) is 14.9. The van der Waals surface area contributed by atoms with Gasteiger partial charge in [0.2, 0.25) is 0 Å². The molecule has 20 heavy (non-hydrogen) atoms. The predicted octanol–water partition coefficient (Wildman–Crippen LogP) is 4.18. The molecule has 0 bridgehead atoms. The summed E-state index contributed by atoms with van der Waals surface area (Å²) in [6, 6.07) is 5.23. The van der Waals surface area contributed by atoms with Crippen molar-refractivity contribution < 1.29 is 4.74 Å². The highest BCUT2D eigenvalue weighted by Gasteiger charge is 2.07. The van der Waals surface area contributed by atoms with E-state index in [1.165, 1.54) is 0 Å². The maximum atomic E-state index is 6.02. The molecule has 1 aromatic carbocycles. The van der Waals surface area contributed by atoms with Gasteiger partial charge in [-0.2, -0.15) is 0 Å². The molecular formula is C14H15Cl2N3O. The van der Waals surface area contributed by atoms with Gasteiger partial charge in [-0.05, 0) is 18.6 Å². The van der Waals surface area contributed by atoms with Gasteiger partial charge >= 0.3 is 0 Å². The monoisotopic (exact) mass is 311 g/mol. The number of aromatic nitrogens is 2. The van der Waals surface area contributed by atoms with Gasteiger partial charge in [0, 0.05) is 6.54 Å². The molecule has 1 heterocycles. The number of nitrogens with one attached hydrogen (secondary N) is 1. The van der Waals surface area contributed by atoms with Crippen LogP contribution in [0.15, 0.2) is 30.6 Å². The minimum Gasteiger partial charge on any atom is -0.484 e. The molecule has 2 rings (SSSR count). The zero-order valence-electron chi connectivity index (χ0n) is 11.1. The van der Waals surface area contributed by atoms with Crippen LogP contribution >= 0.6 is 23.2 Å². The number of anilines is 1. The molecule has 2 aromatic rings. The van der Waals surface area contributed by atoms with Crippen LogP contribution in [0.5, 0.6) is 5.75 Å². The van der Waals surface area contributed by atoms with E-state index in [0.29, 0.717) is 21.5 Å². The van der Waals surface area contributed by atoms with Gasteiger partial charge in [0.1, 0.15) is 12.4 Å². The topological polar surface area (TPSA) is 47.0 Å². The summed E-state index contributed by atoms with van der Waals surface area (Å²) in [6.45, 7) is 3.24. The number of para-hydroxylation sites is 1. The van der Waals surface area contributed by atoms with Gasteiger partial charge in [0.25, 0.3) is 0 Å². The minimum atomic E-state index is 0.268. The summed E-state index contributed by atoms with van der Waals surface area (Å²) in [6.07, 6.45) is 4.39. The maximum Gasteiger partial charge on any atom is 0.157 e. The molecule has 4 nitrogen and oxygen atoms in total. The lowest BCUT2D eigenvalue weighted by Gasteiger charge is -2.09. The molecule has 6 heteroatoms. The van der Waals surface area contributed by atoms with Gasteiger partial charge in [-0.1, -0.05) is 36.2 Å². The summed E-state index contributed by atoms with van der Waals surface area (Å²) in [5, 5.41) is 4.11. The van der Waals surface area contributed by atoms with Crippen LogP contribution in [-0.4, -0.2) is 16.5 Å². The van der Waals surface area contributed by atoms with E-state index in [9.17, 15) is 0 Å². The van der Waals surface area contributed by atoms with E-state index in [1.807, 2.05) is 0 Å². The summed E-state index contributed by atoms with van der Waals surface area (Å²) in [5.74, 6) is 1.22. The van der Waals surface area contributed by atoms with Crippen LogP contribution in [0.25, 0.3) is 0 Å². The van der Waals surface area contributed by atoms with E-state index in [2.05, 4.69) is 22.2 Å². The Labute approximate surface area is 128 Å². The Morgan fingerprint density at radius 2 is 1.90 bits per heavy atom. The van der Waals surface area contributed by atoms with Crippen molar-refractivity contribution in [1.29, 1.82) is 0 Å². The lowest BCUT2D eigenvalue weighted by atomic mass is 10.3. The summed E-state index contributed by atoms with van der Waals surface area (Å²) in [5.41, 5.74) is 0.711. The van der Waals surface area contributed by atoms with Crippen LogP contribution in [0.4, 0.5) is 5.82 Å². The number of hydrogen-bond donors (Lipinski definition) is 1. The molecule has 0 aliphatic heterocycles. The van der Waals surface area contributed by atoms with Crippen molar-refractivity contribution in [3.05, 3.63) is 46.3 Å². The second-order valence-electron chi connectivity index (χ2n) is 4.16. The van der Waals surface area contributed by atoms with Crippen molar-refractivity contribution in [1.82, 2.24) is 9.97 Å². The molecule has 0 unspecified atom stereocenters. The van der Waals surface area contributed by atoms with Gasteiger partial charge in [-0.3, -0.25) is 4.98 Å². The van der Waals surface area contributed by atoms with Gasteiger partial charge in [-0.25, -0.2) is 4.98 Å². The predicted molar refractivity (Wildman–Crippen MR) is 81.6 cm³/mol. The highest BCUT2D eigenvalue weighted by molar-refractivity contribution is 6.37. The first-order valence-electron chi connectivity index (χ1n) is 6.32. The zero-order chi connectivity index (χ0) is 14.4. The number of halogens is 2. The number of hydrogen-bond acceptors (Lipinski definition) is 4. The van der Waals surface area contributed by atoms with Crippen LogP contribution in [-0.2, 0) is 6.61 Å². The van der Waals surface area contributed by atoms with Crippen molar-refractivity contribution in [2.45, 2.75) is 20.0 Å². The Morgan fingerprint density at radius 3 is 2.50 bits per heavy atom. The lowest BCUT2D eigenvalue weighted by Crippen LogP contribution is -2.05.